The third-order valence-electron chi connectivity index (χ3n) is 1.06. The first-order chi connectivity index (χ1) is 4.55. The molecular formula is C3H5N4O3-. The van der Waals surface area contributed by atoms with Crippen molar-refractivity contribution in [2.45, 2.75) is 0 Å². The number of aromatic nitrogens is 2. The molecule has 0 saturated heterocycles. The zero-order valence-corrected chi connectivity index (χ0v) is 4.81. The average molecular weight is 145 g/mol. The molecule has 0 saturated carbocycles. The molecule has 0 unspecified atom stereocenters. The zero-order chi connectivity index (χ0) is 7.89. The van der Waals surface area contributed by atoms with Crippen LogP contribution in [0, 0.1) is 10.4 Å². The van der Waals surface area contributed by atoms with Crippen LogP contribution in [0.4, 0.5) is 11.8 Å². The van der Waals surface area contributed by atoms with Gasteiger partial charge in [-0.15, -0.1) is 0 Å². The minimum absolute atomic E-state index is 0.0532. The highest BCUT2D eigenvalue weighted by Crippen LogP contribution is 2.17. The van der Waals surface area contributed by atoms with Gasteiger partial charge in [0.05, 0.1) is 0 Å². The van der Waals surface area contributed by atoms with E-state index in [0.29, 0.717) is 0 Å². The third-order valence-corrected chi connectivity index (χ3v) is 1.06. The minimum Gasteiger partial charge on any atom is -0.739 e. The number of aromatic hydroxyl groups is 1. The van der Waals surface area contributed by atoms with E-state index in [4.69, 9.17) is 16.6 Å². The molecule has 0 spiro atoms. The number of rotatable bonds is 0. The third kappa shape index (κ3) is 0.508. The first-order valence-electron chi connectivity index (χ1n) is 2.31. The molecule has 0 aliphatic heterocycles. The highest BCUT2D eigenvalue weighted by Gasteiger charge is 2.14. The van der Waals surface area contributed by atoms with Crippen molar-refractivity contribution < 1.29 is 9.84 Å². The maximum atomic E-state index is 10.5. The Labute approximate surface area is 55.3 Å². The Morgan fingerprint density at radius 1 is 1.50 bits per heavy atom. The molecule has 0 aliphatic rings. The van der Waals surface area contributed by atoms with Gasteiger partial charge in [0.15, 0.2) is 0 Å². The number of nitrogens with zero attached hydrogens (tertiary/aromatic N) is 2. The number of nitrogens with two attached hydrogens (primary N) is 2. The van der Waals surface area contributed by atoms with Crippen molar-refractivity contribution in [2.24, 2.45) is 0 Å². The van der Waals surface area contributed by atoms with Gasteiger partial charge in [0.2, 0.25) is 5.82 Å². The van der Waals surface area contributed by atoms with Gasteiger partial charge in [-0.05, 0) is 0 Å². The summed E-state index contributed by atoms with van der Waals surface area (Å²) in [6, 6.07) is 0. The van der Waals surface area contributed by atoms with Crippen LogP contribution >= 0.6 is 0 Å². The Morgan fingerprint density at radius 3 is 2.10 bits per heavy atom. The van der Waals surface area contributed by atoms with Crippen LogP contribution in [0.5, 0.6) is 5.88 Å². The Hall–Kier alpha value is -1.79. The molecule has 10 heavy (non-hydrogen) atoms. The number of hydrogen-bond acceptors (Lipinski definition) is 5. The van der Waals surface area contributed by atoms with Crippen LogP contribution in [0.15, 0.2) is 0 Å². The summed E-state index contributed by atoms with van der Waals surface area (Å²) in [6.07, 6.45) is 0. The summed E-state index contributed by atoms with van der Waals surface area (Å²) < 4.78 is -0.204. The van der Waals surface area contributed by atoms with Crippen LogP contribution in [0.25, 0.3) is 0 Å². The summed E-state index contributed by atoms with van der Waals surface area (Å²) in [5.41, 5.74) is 9.77. The fourth-order valence-electron chi connectivity index (χ4n) is 0.509. The monoisotopic (exact) mass is 145 g/mol. The van der Waals surface area contributed by atoms with E-state index >= 15 is 0 Å². The molecule has 0 amide bonds. The zero-order valence-electron chi connectivity index (χ0n) is 4.81. The summed E-state index contributed by atoms with van der Waals surface area (Å²) in [5.74, 6) is -2.14. The largest absolute Gasteiger partial charge is 0.739 e. The van der Waals surface area contributed by atoms with E-state index in [1.54, 1.807) is 0 Å². The second kappa shape index (κ2) is 1.59. The molecule has 1 rings (SSSR count). The Bertz CT molecular complexity index is 187. The first-order valence-corrected chi connectivity index (χ1v) is 2.31. The predicted octanol–water partition coefficient (Wildman–Crippen LogP) is -1.66. The summed E-state index contributed by atoms with van der Waals surface area (Å²) in [6.45, 7) is 0. The van der Waals surface area contributed by atoms with Crippen molar-refractivity contribution in [1.29, 1.82) is 0 Å². The Kier molecular flexibility index (Phi) is 1.01. The summed E-state index contributed by atoms with van der Waals surface area (Å²) >= 11 is 0. The van der Waals surface area contributed by atoms with E-state index in [2.05, 4.69) is 0 Å². The normalized spacial score (nSPS) is 10.0. The van der Waals surface area contributed by atoms with Crippen molar-refractivity contribution in [3.05, 3.63) is 10.4 Å². The maximum absolute atomic E-state index is 10.5. The van der Waals surface area contributed by atoms with Crippen molar-refractivity contribution in [3.63, 3.8) is 0 Å². The summed E-state index contributed by atoms with van der Waals surface area (Å²) in [5, 5.41) is 29.6. The second-order valence-electron chi connectivity index (χ2n) is 1.66. The van der Waals surface area contributed by atoms with Crippen LogP contribution in [-0.4, -0.2) is 9.84 Å². The molecule has 56 valence electrons. The fourth-order valence-corrected chi connectivity index (χ4v) is 0.509. The lowest BCUT2D eigenvalue weighted by molar-refractivity contribution is -0.596. The number of nitrogen functional groups attached to an aromatic ring is 2. The molecule has 5 N–H and O–H groups in total. The maximum Gasteiger partial charge on any atom is 0.360 e. The van der Waals surface area contributed by atoms with Gasteiger partial charge in [0.1, 0.15) is 0 Å². The van der Waals surface area contributed by atoms with E-state index in [9.17, 15) is 10.4 Å². The average Bonchev–Trinajstić information content (AvgIpc) is 2.07. The number of hydrogen-bond donors (Lipinski definition) is 3. The van der Waals surface area contributed by atoms with Crippen molar-refractivity contribution >= 4 is 11.8 Å². The quantitative estimate of drug-likeness (QED) is 0.297. The molecule has 0 radical (unpaired) electrons. The molecule has 0 fully saturated rings. The van der Waals surface area contributed by atoms with Crippen LogP contribution in [0.3, 0.4) is 0 Å². The van der Waals surface area contributed by atoms with Crippen molar-refractivity contribution in [3.8, 4) is 5.88 Å². The molecule has 7 nitrogen and oxygen atoms in total. The van der Waals surface area contributed by atoms with Gasteiger partial charge in [-0.3, -0.25) is 5.73 Å². The fraction of sp³-hybridized carbons (Fsp3) is 0. The summed E-state index contributed by atoms with van der Waals surface area (Å²) in [4.78, 5) is 0. The van der Waals surface area contributed by atoms with Gasteiger partial charge < -0.3 is 21.3 Å². The lowest BCUT2D eigenvalue weighted by Gasteiger charge is -2.01. The van der Waals surface area contributed by atoms with Crippen LogP contribution in [-0.2, 0) is 0 Å². The molecule has 0 atom stereocenters. The number of imidazole rings is 1. The van der Waals surface area contributed by atoms with E-state index in [-0.39, 0.29) is 9.46 Å². The first kappa shape index (κ1) is 6.33. The van der Waals surface area contributed by atoms with Gasteiger partial charge in [0, 0.05) is 0 Å². The van der Waals surface area contributed by atoms with Gasteiger partial charge in [-0.1, -0.05) is 0 Å². The molecule has 0 aliphatic carbocycles. The predicted molar refractivity (Wildman–Crippen MR) is 32.6 cm³/mol. The van der Waals surface area contributed by atoms with E-state index in [0.717, 1.165) is 0 Å². The standard InChI is InChI=1S/C3H5N4O3/c4-1-2(8)7(10)3(5)6(1)9/h8H,4-5H2/q-1. The van der Waals surface area contributed by atoms with Gasteiger partial charge in [-0.2, -0.15) is 0 Å². The van der Waals surface area contributed by atoms with Gasteiger partial charge >= 0.3 is 11.8 Å². The molecule has 1 aromatic heterocycles. The van der Waals surface area contributed by atoms with Crippen LogP contribution in [0.2, 0.25) is 0 Å². The van der Waals surface area contributed by atoms with Crippen molar-refractivity contribution in [1.82, 2.24) is 4.73 Å². The van der Waals surface area contributed by atoms with E-state index in [1.807, 2.05) is 0 Å². The van der Waals surface area contributed by atoms with E-state index < -0.39 is 17.6 Å². The molecule has 7 heteroatoms. The molecule has 1 heterocycles. The smallest absolute Gasteiger partial charge is 0.360 e. The highest BCUT2D eigenvalue weighted by atomic mass is 16.5. The summed E-state index contributed by atoms with van der Waals surface area (Å²) in [7, 11) is 0. The van der Waals surface area contributed by atoms with Crippen LogP contribution < -0.4 is 16.2 Å². The lowest BCUT2D eigenvalue weighted by atomic mass is 10.7. The Balaban J connectivity index is 3.44. The second-order valence-corrected chi connectivity index (χ2v) is 1.66. The van der Waals surface area contributed by atoms with Crippen molar-refractivity contribution in [2.75, 3.05) is 11.5 Å². The molecular weight excluding hydrogens is 140 g/mol. The van der Waals surface area contributed by atoms with Gasteiger partial charge in [0.25, 0.3) is 0 Å². The SMILES string of the molecule is Nc1c(O)[n+]([O-])c(N)n1[O-]. The Morgan fingerprint density at radius 2 is 2.00 bits per heavy atom. The highest BCUT2D eigenvalue weighted by molar-refractivity contribution is 5.43. The number of anilines is 2. The topological polar surface area (TPSA) is 127 Å². The molecule has 1 aromatic rings. The van der Waals surface area contributed by atoms with Gasteiger partial charge in [-0.25, -0.2) is 9.46 Å². The van der Waals surface area contributed by atoms with Crippen LogP contribution in [0.1, 0.15) is 0 Å². The molecule has 0 bridgehead atoms. The van der Waals surface area contributed by atoms with E-state index in [1.165, 1.54) is 0 Å². The molecule has 0 aromatic carbocycles. The lowest BCUT2D eigenvalue weighted by Crippen LogP contribution is -2.28. The minimum atomic E-state index is -0.868.